The highest BCUT2D eigenvalue weighted by atomic mass is 16.1. The van der Waals surface area contributed by atoms with E-state index in [1.165, 1.54) is 22.3 Å². The first-order valence-electron chi connectivity index (χ1n) is 11.6. The number of fused-ring (bicyclic) bond motifs is 1. The van der Waals surface area contributed by atoms with Gasteiger partial charge >= 0.3 is 0 Å². The number of carbonyl (C=O) groups is 1. The predicted molar refractivity (Wildman–Crippen MR) is 131 cm³/mol. The molecule has 0 bridgehead atoms. The Morgan fingerprint density at radius 1 is 0.812 bits per heavy atom. The number of Topliss-reactive ketones (excluding diaryl/α,β-unsaturated/α-hetero) is 1. The lowest BCUT2D eigenvalue weighted by atomic mass is 9.86. The first-order valence-corrected chi connectivity index (χ1v) is 11.6. The van der Waals surface area contributed by atoms with Crippen molar-refractivity contribution in [1.82, 2.24) is 4.90 Å². The third kappa shape index (κ3) is 4.37. The summed E-state index contributed by atoms with van der Waals surface area (Å²) in [5.41, 5.74) is 6.50. The Morgan fingerprint density at radius 2 is 1.44 bits per heavy atom. The Morgan fingerprint density at radius 3 is 2.12 bits per heavy atom. The summed E-state index contributed by atoms with van der Waals surface area (Å²) >= 11 is 0. The van der Waals surface area contributed by atoms with Crippen molar-refractivity contribution in [1.29, 1.82) is 0 Å². The number of rotatable bonds is 6. The standard InChI is InChI=1S/C30H29NO/c32-29(20-23-12-4-1-5-13-23)30-27-19-11-10-18-26(25-16-8-3-9-17-25)28(27)22-31(30)21-24-14-6-2-7-15-24/h1-9,11-17,19,27,30H,10,18,20-22H2/t27?,30-/m1/s1. The van der Waals surface area contributed by atoms with Crippen LogP contribution in [-0.4, -0.2) is 23.3 Å². The zero-order valence-electron chi connectivity index (χ0n) is 18.4. The van der Waals surface area contributed by atoms with Crippen LogP contribution in [0.2, 0.25) is 0 Å². The molecule has 2 aliphatic rings. The van der Waals surface area contributed by atoms with Crippen molar-refractivity contribution in [3.8, 4) is 0 Å². The van der Waals surface area contributed by atoms with E-state index >= 15 is 0 Å². The van der Waals surface area contributed by atoms with Gasteiger partial charge in [-0.05, 0) is 40.7 Å². The van der Waals surface area contributed by atoms with E-state index < -0.39 is 0 Å². The van der Waals surface area contributed by atoms with Gasteiger partial charge in [0.1, 0.15) is 0 Å². The number of allylic oxidation sites excluding steroid dienone is 2. The first kappa shape index (κ1) is 20.7. The fourth-order valence-corrected chi connectivity index (χ4v) is 5.24. The quantitative estimate of drug-likeness (QED) is 0.450. The van der Waals surface area contributed by atoms with Crippen molar-refractivity contribution in [2.45, 2.75) is 31.8 Å². The first-order chi connectivity index (χ1) is 15.8. The molecule has 2 nitrogen and oxygen atoms in total. The van der Waals surface area contributed by atoms with E-state index in [1.807, 2.05) is 24.3 Å². The molecule has 0 saturated carbocycles. The molecular weight excluding hydrogens is 390 g/mol. The van der Waals surface area contributed by atoms with E-state index in [0.717, 1.165) is 31.5 Å². The maximum atomic E-state index is 13.7. The minimum Gasteiger partial charge on any atom is -0.298 e. The summed E-state index contributed by atoms with van der Waals surface area (Å²) in [6.45, 7) is 1.64. The number of hydrogen-bond donors (Lipinski definition) is 0. The van der Waals surface area contributed by atoms with Crippen molar-refractivity contribution >= 4 is 11.4 Å². The van der Waals surface area contributed by atoms with Crippen LogP contribution in [0.15, 0.2) is 109 Å². The molecule has 1 heterocycles. The molecule has 1 aliphatic heterocycles. The van der Waals surface area contributed by atoms with E-state index in [0.29, 0.717) is 12.2 Å². The van der Waals surface area contributed by atoms with Crippen LogP contribution in [0.5, 0.6) is 0 Å². The Hall–Kier alpha value is -3.23. The number of benzene rings is 3. The van der Waals surface area contributed by atoms with Gasteiger partial charge in [0.15, 0.2) is 5.78 Å². The third-order valence-electron chi connectivity index (χ3n) is 6.70. The molecule has 1 aliphatic carbocycles. The average molecular weight is 420 g/mol. The average Bonchev–Trinajstić information content (AvgIpc) is 3.05. The lowest BCUT2D eigenvalue weighted by Crippen LogP contribution is -2.39. The summed E-state index contributed by atoms with van der Waals surface area (Å²) < 4.78 is 0. The van der Waals surface area contributed by atoms with Crippen LogP contribution in [0.4, 0.5) is 0 Å². The van der Waals surface area contributed by atoms with Gasteiger partial charge in [0.2, 0.25) is 0 Å². The molecule has 3 aromatic carbocycles. The number of likely N-dealkylation sites (tertiary alicyclic amines) is 1. The number of ketones is 1. The molecule has 32 heavy (non-hydrogen) atoms. The normalized spacial score (nSPS) is 20.8. The van der Waals surface area contributed by atoms with Gasteiger partial charge in [-0.25, -0.2) is 0 Å². The summed E-state index contributed by atoms with van der Waals surface area (Å²) in [5, 5.41) is 0. The van der Waals surface area contributed by atoms with Gasteiger partial charge < -0.3 is 0 Å². The van der Waals surface area contributed by atoms with E-state index in [9.17, 15) is 4.79 Å². The zero-order chi connectivity index (χ0) is 21.8. The second-order valence-electron chi connectivity index (χ2n) is 8.83. The number of carbonyl (C=O) groups excluding carboxylic acids is 1. The van der Waals surface area contributed by atoms with Crippen LogP contribution in [0.25, 0.3) is 5.57 Å². The molecule has 1 saturated heterocycles. The lowest BCUT2D eigenvalue weighted by molar-refractivity contribution is -0.123. The smallest absolute Gasteiger partial charge is 0.155 e. The summed E-state index contributed by atoms with van der Waals surface area (Å²) in [6, 6.07) is 31.3. The van der Waals surface area contributed by atoms with Crippen molar-refractivity contribution in [3.05, 3.63) is 125 Å². The van der Waals surface area contributed by atoms with Crippen molar-refractivity contribution in [2.75, 3.05) is 6.54 Å². The molecule has 2 atom stereocenters. The molecule has 0 N–H and O–H groups in total. The summed E-state index contributed by atoms with van der Waals surface area (Å²) in [7, 11) is 0. The fourth-order valence-electron chi connectivity index (χ4n) is 5.24. The summed E-state index contributed by atoms with van der Waals surface area (Å²) in [4.78, 5) is 16.1. The molecule has 1 unspecified atom stereocenters. The van der Waals surface area contributed by atoms with E-state index in [1.54, 1.807) is 0 Å². The van der Waals surface area contributed by atoms with Gasteiger partial charge in [-0.1, -0.05) is 103 Å². The monoisotopic (exact) mass is 419 g/mol. The minimum atomic E-state index is -0.126. The molecule has 2 heteroatoms. The van der Waals surface area contributed by atoms with Gasteiger partial charge in [0.05, 0.1) is 6.04 Å². The fraction of sp³-hybridized carbons (Fsp3) is 0.233. The lowest BCUT2D eigenvalue weighted by Gasteiger charge is -2.26. The molecule has 160 valence electrons. The maximum absolute atomic E-state index is 13.7. The van der Waals surface area contributed by atoms with Gasteiger partial charge in [0, 0.05) is 25.4 Å². The van der Waals surface area contributed by atoms with E-state index in [4.69, 9.17) is 0 Å². The minimum absolute atomic E-state index is 0.126. The second-order valence-corrected chi connectivity index (χ2v) is 8.83. The predicted octanol–water partition coefficient (Wildman–Crippen LogP) is 6.10. The second kappa shape index (κ2) is 9.50. The van der Waals surface area contributed by atoms with Crippen LogP contribution in [0.3, 0.4) is 0 Å². The van der Waals surface area contributed by atoms with Crippen LogP contribution < -0.4 is 0 Å². The van der Waals surface area contributed by atoms with Crippen molar-refractivity contribution in [2.24, 2.45) is 5.92 Å². The molecule has 0 aromatic heterocycles. The van der Waals surface area contributed by atoms with Gasteiger partial charge in [-0.15, -0.1) is 0 Å². The van der Waals surface area contributed by atoms with Gasteiger partial charge in [-0.3, -0.25) is 9.69 Å². The SMILES string of the molecule is O=C(Cc1ccccc1)[C@H]1C2C=CCCC(c3ccccc3)=C2CN1Cc1ccccc1. The van der Waals surface area contributed by atoms with Crippen LogP contribution in [-0.2, 0) is 17.8 Å². The topological polar surface area (TPSA) is 20.3 Å². The molecule has 0 radical (unpaired) electrons. The number of nitrogens with zero attached hydrogens (tertiary/aromatic N) is 1. The Balaban J connectivity index is 1.53. The molecule has 1 fully saturated rings. The summed E-state index contributed by atoms with van der Waals surface area (Å²) in [6.07, 6.45) is 7.14. The maximum Gasteiger partial charge on any atom is 0.155 e. The zero-order valence-corrected chi connectivity index (χ0v) is 18.4. The van der Waals surface area contributed by atoms with Crippen LogP contribution in [0.1, 0.15) is 29.5 Å². The van der Waals surface area contributed by atoms with Crippen molar-refractivity contribution < 1.29 is 4.79 Å². The Kier molecular flexibility index (Phi) is 6.13. The van der Waals surface area contributed by atoms with E-state index in [2.05, 4.69) is 83.8 Å². The highest BCUT2D eigenvalue weighted by Gasteiger charge is 2.42. The molecule has 0 spiro atoms. The largest absolute Gasteiger partial charge is 0.298 e. The van der Waals surface area contributed by atoms with Crippen LogP contribution in [0, 0.1) is 5.92 Å². The molecule has 3 aromatic rings. The van der Waals surface area contributed by atoms with Gasteiger partial charge in [0.25, 0.3) is 0 Å². The number of hydrogen-bond acceptors (Lipinski definition) is 2. The van der Waals surface area contributed by atoms with Crippen LogP contribution >= 0.6 is 0 Å². The van der Waals surface area contributed by atoms with Gasteiger partial charge in [-0.2, -0.15) is 0 Å². The highest BCUT2D eigenvalue weighted by Crippen LogP contribution is 2.41. The third-order valence-corrected chi connectivity index (χ3v) is 6.70. The Labute approximate surface area is 190 Å². The highest BCUT2D eigenvalue weighted by molar-refractivity contribution is 5.89. The molecule has 0 amide bonds. The Bertz CT molecular complexity index is 1120. The molecular formula is C30H29NO. The summed E-state index contributed by atoms with van der Waals surface area (Å²) in [5.74, 6) is 0.457. The van der Waals surface area contributed by atoms with E-state index in [-0.39, 0.29) is 12.0 Å². The molecule has 5 rings (SSSR count). The van der Waals surface area contributed by atoms with Crippen molar-refractivity contribution in [3.63, 3.8) is 0 Å².